The molecule has 7 nitrogen and oxygen atoms in total. The zero-order valence-electron chi connectivity index (χ0n) is 16.7. The quantitative estimate of drug-likeness (QED) is 0.435. The third-order valence-corrected chi connectivity index (χ3v) is 6.09. The SMILES string of the molecule is O=C(C(O)C(O)C(O)C(O)CO)N1CCC(c2ccccc2)(c2ccccc2)CC1. The standard InChI is InChI=1S/C23H29NO6/c25-15-18(26)19(27)20(28)21(29)22(30)24-13-11-23(12-14-24,16-7-3-1-4-8-16)17-9-5-2-6-10-17/h1-10,18-21,25-29H,11-15H2. The molecule has 2 aromatic rings. The van der Waals surface area contributed by atoms with E-state index >= 15 is 0 Å². The summed E-state index contributed by atoms with van der Waals surface area (Å²) in [4.78, 5) is 14.2. The number of hydrogen-bond acceptors (Lipinski definition) is 6. The summed E-state index contributed by atoms with van der Waals surface area (Å²) in [6.07, 6.45) is -5.98. The van der Waals surface area contributed by atoms with E-state index in [0.717, 1.165) is 11.1 Å². The van der Waals surface area contributed by atoms with Gasteiger partial charge in [0.15, 0.2) is 6.10 Å². The molecule has 1 heterocycles. The molecule has 0 radical (unpaired) electrons. The molecule has 0 aromatic heterocycles. The number of aliphatic hydroxyl groups excluding tert-OH is 5. The van der Waals surface area contributed by atoms with Crippen molar-refractivity contribution in [1.82, 2.24) is 4.90 Å². The first-order valence-electron chi connectivity index (χ1n) is 10.1. The van der Waals surface area contributed by atoms with E-state index in [0.29, 0.717) is 25.9 Å². The average Bonchev–Trinajstić information content (AvgIpc) is 2.82. The summed E-state index contributed by atoms with van der Waals surface area (Å²) >= 11 is 0. The summed E-state index contributed by atoms with van der Waals surface area (Å²) in [5.41, 5.74) is 2.05. The summed E-state index contributed by atoms with van der Waals surface area (Å²) in [5, 5.41) is 48.4. The number of likely N-dealkylation sites (tertiary alicyclic amines) is 1. The maximum absolute atomic E-state index is 12.7. The van der Waals surface area contributed by atoms with Crippen LogP contribution in [-0.2, 0) is 10.2 Å². The van der Waals surface area contributed by atoms with Gasteiger partial charge < -0.3 is 30.4 Å². The van der Waals surface area contributed by atoms with Gasteiger partial charge in [-0.05, 0) is 24.0 Å². The molecule has 0 aliphatic carbocycles. The maximum atomic E-state index is 12.7. The summed E-state index contributed by atoms with van der Waals surface area (Å²) in [7, 11) is 0. The monoisotopic (exact) mass is 415 g/mol. The molecular weight excluding hydrogens is 386 g/mol. The van der Waals surface area contributed by atoms with Gasteiger partial charge in [0.2, 0.25) is 0 Å². The van der Waals surface area contributed by atoms with E-state index in [1.807, 2.05) is 36.4 Å². The molecule has 3 rings (SSSR count). The lowest BCUT2D eigenvalue weighted by molar-refractivity contribution is -0.159. The fourth-order valence-corrected chi connectivity index (χ4v) is 4.22. The number of benzene rings is 2. The molecule has 1 saturated heterocycles. The van der Waals surface area contributed by atoms with Crippen molar-refractivity contribution < 1.29 is 30.3 Å². The van der Waals surface area contributed by atoms with Gasteiger partial charge in [-0.3, -0.25) is 4.79 Å². The van der Waals surface area contributed by atoms with Gasteiger partial charge >= 0.3 is 0 Å². The van der Waals surface area contributed by atoms with E-state index < -0.39 is 36.9 Å². The molecule has 7 heteroatoms. The van der Waals surface area contributed by atoms with Crippen LogP contribution in [0.5, 0.6) is 0 Å². The van der Waals surface area contributed by atoms with E-state index in [1.54, 1.807) is 0 Å². The number of carbonyl (C=O) groups is 1. The summed E-state index contributed by atoms with van der Waals surface area (Å²) in [6.45, 7) is -0.0599. The predicted molar refractivity (Wildman–Crippen MR) is 111 cm³/mol. The Kier molecular flexibility index (Phi) is 7.23. The van der Waals surface area contributed by atoms with Crippen molar-refractivity contribution in [3.63, 3.8) is 0 Å². The topological polar surface area (TPSA) is 121 Å². The first kappa shape index (κ1) is 22.4. The zero-order valence-corrected chi connectivity index (χ0v) is 16.7. The number of hydrogen-bond donors (Lipinski definition) is 5. The Balaban J connectivity index is 1.76. The van der Waals surface area contributed by atoms with Crippen molar-refractivity contribution in [2.45, 2.75) is 42.7 Å². The van der Waals surface area contributed by atoms with Gasteiger partial charge in [0.25, 0.3) is 5.91 Å². The van der Waals surface area contributed by atoms with Crippen molar-refractivity contribution in [1.29, 1.82) is 0 Å². The third kappa shape index (κ3) is 4.40. The molecule has 4 unspecified atom stereocenters. The third-order valence-electron chi connectivity index (χ3n) is 6.09. The lowest BCUT2D eigenvalue weighted by Crippen LogP contribution is -2.55. The van der Waals surface area contributed by atoms with Crippen LogP contribution in [0.15, 0.2) is 60.7 Å². The highest BCUT2D eigenvalue weighted by Crippen LogP contribution is 2.41. The van der Waals surface area contributed by atoms with Crippen LogP contribution in [0.1, 0.15) is 24.0 Å². The van der Waals surface area contributed by atoms with Gasteiger partial charge in [0, 0.05) is 18.5 Å². The van der Waals surface area contributed by atoms with E-state index in [2.05, 4.69) is 24.3 Å². The van der Waals surface area contributed by atoms with Crippen molar-refractivity contribution in [3.05, 3.63) is 71.8 Å². The summed E-state index contributed by atoms with van der Waals surface area (Å²) < 4.78 is 0. The van der Waals surface area contributed by atoms with Crippen LogP contribution >= 0.6 is 0 Å². The van der Waals surface area contributed by atoms with Crippen molar-refractivity contribution in [3.8, 4) is 0 Å². The van der Waals surface area contributed by atoms with E-state index in [9.17, 15) is 25.2 Å². The maximum Gasteiger partial charge on any atom is 0.254 e. The Morgan fingerprint density at radius 2 is 1.30 bits per heavy atom. The average molecular weight is 415 g/mol. The second kappa shape index (κ2) is 9.68. The Hall–Kier alpha value is -2.29. The largest absolute Gasteiger partial charge is 0.394 e. The van der Waals surface area contributed by atoms with Gasteiger partial charge in [-0.1, -0.05) is 60.7 Å². The predicted octanol–water partition coefficient (Wildman–Crippen LogP) is 0.0310. The fraction of sp³-hybridized carbons (Fsp3) is 0.435. The highest BCUT2D eigenvalue weighted by Gasteiger charge is 2.42. The van der Waals surface area contributed by atoms with Gasteiger partial charge in [-0.2, -0.15) is 0 Å². The first-order chi connectivity index (χ1) is 14.4. The minimum atomic E-state index is -1.89. The van der Waals surface area contributed by atoms with Crippen molar-refractivity contribution in [2.75, 3.05) is 19.7 Å². The normalized spacial score (nSPS) is 20.2. The molecule has 4 atom stereocenters. The Morgan fingerprint density at radius 1 is 0.833 bits per heavy atom. The molecule has 2 aromatic carbocycles. The highest BCUT2D eigenvalue weighted by molar-refractivity contribution is 5.81. The molecule has 5 N–H and O–H groups in total. The molecule has 1 amide bonds. The second-order valence-corrected chi connectivity index (χ2v) is 7.82. The van der Waals surface area contributed by atoms with Crippen molar-refractivity contribution >= 4 is 5.91 Å². The Labute approximate surface area is 175 Å². The van der Waals surface area contributed by atoms with Gasteiger partial charge in [-0.15, -0.1) is 0 Å². The van der Waals surface area contributed by atoms with Crippen LogP contribution in [0.4, 0.5) is 0 Å². The Bertz CT molecular complexity index is 765. The van der Waals surface area contributed by atoms with Crippen LogP contribution < -0.4 is 0 Å². The zero-order chi connectivity index (χ0) is 21.7. The summed E-state index contributed by atoms with van der Waals surface area (Å²) in [6, 6.07) is 20.2. The van der Waals surface area contributed by atoms with Crippen LogP contribution in [0.3, 0.4) is 0 Å². The highest BCUT2D eigenvalue weighted by atomic mass is 16.4. The number of nitrogens with zero attached hydrogens (tertiary/aromatic N) is 1. The van der Waals surface area contributed by atoms with E-state index in [1.165, 1.54) is 4.90 Å². The van der Waals surface area contributed by atoms with Crippen LogP contribution in [0.25, 0.3) is 0 Å². The molecule has 1 fully saturated rings. The molecule has 0 bridgehead atoms. The van der Waals surface area contributed by atoms with E-state index in [4.69, 9.17) is 5.11 Å². The van der Waals surface area contributed by atoms with Gasteiger partial charge in [-0.25, -0.2) is 0 Å². The molecule has 30 heavy (non-hydrogen) atoms. The number of aliphatic hydroxyl groups is 5. The Morgan fingerprint density at radius 3 is 1.73 bits per heavy atom. The van der Waals surface area contributed by atoms with Gasteiger partial charge in [0.1, 0.15) is 18.3 Å². The van der Waals surface area contributed by atoms with Gasteiger partial charge in [0.05, 0.1) is 6.61 Å². The second-order valence-electron chi connectivity index (χ2n) is 7.82. The fourth-order valence-electron chi connectivity index (χ4n) is 4.22. The summed E-state index contributed by atoms with van der Waals surface area (Å²) in [5.74, 6) is -0.707. The number of amides is 1. The van der Waals surface area contributed by atoms with Crippen molar-refractivity contribution in [2.24, 2.45) is 0 Å². The molecule has 0 spiro atoms. The lowest BCUT2D eigenvalue weighted by atomic mass is 9.68. The number of rotatable bonds is 7. The molecule has 0 saturated carbocycles. The van der Waals surface area contributed by atoms with E-state index in [-0.39, 0.29) is 5.41 Å². The van der Waals surface area contributed by atoms with Crippen LogP contribution in [-0.4, -0.2) is 80.5 Å². The smallest absolute Gasteiger partial charge is 0.254 e. The minimum Gasteiger partial charge on any atom is -0.394 e. The van der Waals surface area contributed by atoms with Crippen LogP contribution in [0, 0.1) is 0 Å². The molecular formula is C23H29NO6. The molecule has 162 valence electrons. The lowest BCUT2D eigenvalue weighted by Gasteiger charge is -2.43. The first-order valence-corrected chi connectivity index (χ1v) is 10.1. The molecule has 1 aliphatic rings. The molecule has 1 aliphatic heterocycles. The number of carbonyl (C=O) groups excluding carboxylic acids is 1. The number of piperidine rings is 1. The minimum absolute atomic E-state index is 0.268. The van der Waals surface area contributed by atoms with Crippen LogP contribution in [0.2, 0.25) is 0 Å².